The highest BCUT2D eigenvalue weighted by molar-refractivity contribution is 6.32. The van der Waals surface area contributed by atoms with Gasteiger partial charge in [0.2, 0.25) is 11.8 Å². The Balaban J connectivity index is 1.42. The van der Waals surface area contributed by atoms with Crippen LogP contribution in [0.25, 0.3) is 0 Å². The molecule has 1 N–H and O–H groups in total. The van der Waals surface area contributed by atoms with E-state index in [1.807, 2.05) is 17.0 Å². The summed E-state index contributed by atoms with van der Waals surface area (Å²) in [6, 6.07) is 9.07. The minimum Gasteiger partial charge on any atom is -0.495 e. The number of piperidine rings is 1. The van der Waals surface area contributed by atoms with Crippen LogP contribution in [-0.2, 0) is 16.0 Å². The summed E-state index contributed by atoms with van der Waals surface area (Å²) in [5.41, 5.74) is 1.73. The lowest BCUT2D eigenvalue weighted by Crippen LogP contribution is -2.40. The number of hydrogen-bond donors (Lipinski definition) is 1. The van der Waals surface area contributed by atoms with Crippen LogP contribution in [0.4, 0.5) is 5.69 Å². The Labute approximate surface area is 182 Å². The van der Waals surface area contributed by atoms with Crippen LogP contribution in [-0.4, -0.2) is 41.9 Å². The molecule has 30 heavy (non-hydrogen) atoms. The number of ether oxygens (including phenoxy) is 1. The molecule has 1 aromatic heterocycles. The summed E-state index contributed by atoms with van der Waals surface area (Å²) in [6.07, 6.45) is 7.97. The summed E-state index contributed by atoms with van der Waals surface area (Å²) in [6.45, 7) is 1.53. The molecule has 1 atom stereocenters. The van der Waals surface area contributed by atoms with Gasteiger partial charge in [0.15, 0.2) is 0 Å². The number of halogens is 1. The Hall–Kier alpha value is -2.60. The van der Waals surface area contributed by atoms with Gasteiger partial charge in [-0.05, 0) is 61.4 Å². The van der Waals surface area contributed by atoms with E-state index in [0.29, 0.717) is 41.6 Å². The maximum absolute atomic E-state index is 12.6. The molecule has 1 unspecified atom stereocenters. The number of methoxy groups -OCH3 is 1. The van der Waals surface area contributed by atoms with E-state index in [1.54, 1.807) is 37.7 Å². The van der Waals surface area contributed by atoms with Gasteiger partial charge in [-0.25, -0.2) is 0 Å². The first-order valence-electron chi connectivity index (χ1n) is 10.3. The second-order valence-corrected chi connectivity index (χ2v) is 8.05. The fraction of sp³-hybridized carbons (Fsp3) is 0.435. The molecule has 1 saturated heterocycles. The van der Waals surface area contributed by atoms with Crippen molar-refractivity contribution < 1.29 is 14.3 Å². The van der Waals surface area contributed by atoms with E-state index in [9.17, 15) is 9.59 Å². The first-order valence-corrected chi connectivity index (χ1v) is 10.7. The maximum Gasteiger partial charge on any atom is 0.224 e. The molecule has 2 amide bonds. The molecule has 1 aliphatic heterocycles. The molecule has 1 fully saturated rings. The number of nitrogens with zero attached hydrogens (tertiary/aromatic N) is 2. The first-order chi connectivity index (χ1) is 14.5. The third-order valence-corrected chi connectivity index (χ3v) is 5.73. The number of anilines is 1. The molecule has 2 heterocycles. The van der Waals surface area contributed by atoms with Gasteiger partial charge >= 0.3 is 0 Å². The fourth-order valence-corrected chi connectivity index (χ4v) is 4.04. The van der Waals surface area contributed by atoms with Gasteiger partial charge in [-0.3, -0.25) is 14.6 Å². The molecule has 0 saturated carbocycles. The van der Waals surface area contributed by atoms with E-state index in [4.69, 9.17) is 16.3 Å². The normalized spacial score (nSPS) is 16.2. The van der Waals surface area contributed by atoms with Crippen LogP contribution < -0.4 is 10.1 Å². The summed E-state index contributed by atoms with van der Waals surface area (Å²) in [5.74, 6) is 1.06. The number of aromatic nitrogens is 1. The van der Waals surface area contributed by atoms with Crippen LogP contribution in [0.15, 0.2) is 42.7 Å². The lowest BCUT2D eigenvalue weighted by atomic mass is 9.93. The van der Waals surface area contributed by atoms with Crippen molar-refractivity contribution in [1.29, 1.82) is 0 Å². The molecule has 2 aromatic rings. The first kappa shape index (κ1) is 22.1. The molecule has 0 spiro atoms. The number of carbonyl (C=O) groups excluding carboxylic acids is 2. The van der Waals surface area contributed by atoms with E-state index >= 15 is 0 Å². The number of benzene rings is 1. The van der Waals surface area contributed by atoms with Crippen molar-refractivity contribution in [3.63, 3.8) is 0 Å². The Bertz CT molecular complexity index is 860. The monoisotopic (exact) mass is 429 g/mol. The summed E-state index contributed by atoms with van der Waals surface area (Å²) in [4.78, 5) is 31.0. The Morgan fingerprint density at radius 1 is 1.30 bits per heavy atom. The zero-order chi connectivity index (χ0) is 21.3. The minimum absolute atomic E-state index is 0.0451. The van der Waals surface area contributed by atoms with Crippen molar-refractivity contribution in [2.45, 2.75) is 38.5 Å². The Morgan fingerprint density at radius 3 is 2.90 bits per heavy atom. The minimum atomic E-state index is -0.0451. The van der Waals surface area contributed by atoms with Crippen molar-refractivity contribution in [1.82, 2.24) is 9.88 Å². The molecule has 1 aromatic carbocycles. The van der Waals surface area contributed by atoms with Crippen molar-refractivity contribution in [2.24, 2.45) is 5.92 Å². The highest BCUT2D eigenvalue weighted by Crippen LogP contribution is 2.27. The van der Waals surface area contributed by atoms with Gasteiger partial charge in [-0.2, -0.15) is 0 Å². The Kier molecular flexibility index (Phi) is 8.08. The molecule has 6 nitrogen and oxygen atoms in total. The third kappa shape index (κ3) is 6.46. The number of aryl methyl sites for hydroxylation is 1. The summed E-state index contributed by atoms with van der Waals surface area (Å²) >= 11 is 6.11. The number of likely N-dealkylation sites (tertiary alicyclic amines) is 1. The molecule has 0 bridgehead atoms. The van der Waals surface area contributed by atoms with Gasteiger partial charge in [-0.1, -0.05) is 17.7 Å². The van der Waals surface area contributed by atoms with Crippen LogP contribution in [0.3, 0.4) is 0 Å². The van der Waals surface area contributed by atoms with Crippen LogP contribution in [0.1, 0.15) is 37.7 Å². The number of nitrogens with one attached hydrogen (secondary N) is 1. The van der Waals surface area contributed by atoms with Crippen molar-refractivity contribution in [3.05, 3.63) is 53.3 Å². The second-order valence-electron chi connectivity index (χ2n) is 7.65. The average molecular weight is 430 g/mol. The van der Waals surface area contributed by atoms with Gasteiger partial charge in [0.1, 0.15) is 5.75 Å². The van der Waals surface area contributed by atoms with E-state index < -0.39 is 0 Å². The predicted octanol–water partition coefficient (Wildman–Crippen LogP) is 4.33. The van der Waals surface area contributed by atoms with Crippen molar-refractivity contribution >= 4 is 29.1 Å². The number of pyridine rings is 1. The van der Waals surface area contributed by atoms with Crippen LogP contribution in [0.5, 0.6) is 5.75 Å². The number of rotatable bonds is 8. The van der Waals surface area contributed by atoms with Gasteiger partial charge in [0.25, 0.3) is 0 Å². The van der Waals surface area contributed by atoms with E-state index in [-0.39, 0.29) is 11.8 Å². The lowest BCUT2D eigenvalue weighted by Gasteiger charge is -2.33. The van der Waals surface area contributed by atoms with Crippen molar-refractivity contribution in [3.8, 4) is 5.75 Å². The largest absolute Gasteiger partial charge is 0.495 e. The molecule has 7 heteroatoms. The standard InChI is InChI=1S/C23H28ClN3O3/c1-30-21-9-8-19(14-20(21)24)26-22(28)10-6-18-5-3-13-27(16-18)23(29)11-7-17-4-2-12-25-15-17/h2,4,8-9,12,14-15,18H,3,5-7,10-11,13,16H2,1H3,(H,26,28). The van der Waals surface area contributed by atoms with Gasteiger partial charge in [-0.15, -0.1) is 0 Å². The van der Waals surface area contributed by atoms with Crippen LogP contribution in [0, 0.1) is 5.92 Å². The average Bonchev–Trinajstić information content (AvgIpc) is 2.77. The maximum atomic E-state index is 12.6. The zero-order valence-corrected chi connectivity index (χ0v) is 18.0. The van der Waals surface area contributed by atoms with E-state index in [1.165, 1.54) is 0 Å². The zero-order valence-electron chi connectivity index (χ0n) is 17.3. The number of carbonyl (C=O) groups is 2. The number of amides is 2. The molecule has 1 aliphatic rings. The van der Waals surface area contributed by atoms with Gasteiger partial charge < -0.3 is 15.0 Å². The lowest BCUT2D eigenvalue weighted by molar-refractivity contribution is -0.133. The SMILES string of the molecule is COc1ccc(NC(=O)CCC2CCCN(C(=O)CCc3cccnc3)C2)cc1Cl. The van der Waals surface area contributed by atoms with E-state index in [0.717, 1.165) is 37.9 Å². The van der Waals surface area contributed by atoms with E-state index in [2.05, 4.69) is 10.3 Å². The van der Waals surface area contributed by atoms with Crippen LogP contribution >= 0.6 is 11.6 Å². The topological polar surface area (TPSA) is 71.5 Å². The third-order valence-electron chi connectivity index (χ3n) is 5.44. The molecule has 0 radical (unpaired) electrons. The predicted molar refractivity (Wildman–Crippen MR) is 118 cm³/mol. The summed E-state index contributed by atoms with van der Waals surface area (Å²) in [5, 5.41) is 3.34. The molecule has 3 rings (SSSR count). The number of hydrogen-bond acceptors (Lipinski definition) is 4. The summed E-state index contributed by atoms with van der Waals surface area (Å²) in [7, 11) is 1.55. The molecular weight excluding hydrogens is 402 g/mol. The van der Waals surface area contributed by atoms with Crippen LogP contribution in [0.2, 0.25) is 5.02 Å². The molecule has 160 valence electrons. The highest BCUT2D eigenvalue weighted by Gasteiger charge is 2.24. The quantitative estimate of drug-likeness (QED) is 0.677. The summed E-state index contributed by atoms with van der Waals surface area (Å²) < 4.78 is 5.12. The fourth-order valence-electron chi connectivity index (χ4n) is 3.79. The van der Waals surface area contributed by atoms with Crippen molar-refractivity contribution in [2.75, 3.05) is 25.5 Å². The van der Waals surface area contributed by atoms with Gasteiger partial charge in [0.05, 0.1) is 12.1 Å². The smallest absolute Gasteiger partial charge is 0.224 e. The van der Waals surface area contributed by atoms with Gasteiger partial charge in [0, 0.05) is 44.0 Å². The second kappa shape index (κ2) is 11.0. The molecular formula is C23H28ClN3O3. The highest BCUT2D eigenvalue weighted by atomic mass is 35.5. The molecule has 0 aliphatic carbocycles. The Morgan fingerprint density at radius 2 is 2.17 bits per heavy atom.